The zero-order chi connectivity index (χ0) is 30.2. The summed E-state index contributed by atoms with van der Waals surface area (Å²) < 4.78 is 46.7. The van der Waals surface area contributed by atoms with Crippen molar-refractivity contribution in [1.29, 1.82) is 0 Å². The van der Waals surface area contributed by atoms with Gasteiger partial charge in [0, 0.05) is 24.6 Å². The van der Waals surface area contributed by atoms with Crippen LogP contribution in [-0.2, 0) is 32.6 Å². The van der Waals surface area contributed by atoms with Crippen molar-refractivity contribution in [2.24, 2.45) is 0 Å². The third-order valence-corrected chi connectivity index (χ3v) is 8.11. The minimum Gasteiger partial charge on any atom is -0.495 e. The van der Waals surface area contributed by atoms with Gasteiger partial charge >= 0.3 is 0 Å². The fraction of sp³-hybridized carbons (Fsp3) is 0.333. The fourth-order valence-corrected chi connectivity index (χ4v) is 5.32. The van der Waals surface area contributed by atoms with Gasteiger partial charge in [0.25, 0.3) is 0 Å². The molecule has 41 heavy (non-hydrogen) atoms. The van der Waals surface area contributed by atoms with E-state index in [-0.39, 0.29) is 35.3 Å². The van der Waals surface area contributed by atoms with Crippen molar-refractivity contribution in [1.82, 2.24) is 10.2 Å². The van der Waals surface area contributed by atoms with E-state index < -0.39 is 40.2 Å². The first-order valence-corrected chi connectivity index (χ1v) is 15.4. The van der Waals surface area contributed by atoms with Gasteiger partial charge < -0.3 is 15.0 Å². The summed E-state index contributed by atoms with van der Waals surface area (Å²) in [5.74, 6) is -1.33. The Balaban J connectivity index is 2.08. The molecular weight excluding hydrogens is 569 g/mol. The summed E-state index contributed by atoms with van der Waals surface area (Å²) >= 11 is 6.26. The van der Waals surface area contributed by atoms with E-state index in [0.717, 1.165) is 16.1 Å². The molecule has 3 rings (SSSR count). The van der Waals surface area contributed by atoms with E-state index in [1.165, 1.54) is 48.4 Å². The summed E-state index contributed by atoms with van der Waals surface area (Å²) in [5, 5.41) is 3.09. The number of amides is 2. The average Bonchev–Trinajstić information content (AvgIpc) is 2.94. The fourth-order valence-electron chi connectivity index (χ4n) is 4.23. The van der Waals surface area contributed by atoms with E-state index in [4.69, 9.17) is 16.3 Å². The highest BCUT2D eigenvalue weighted by Gasteiger charge is 2.34. The SMILES string of the molecule is CCC(C)NC(=O)C(Cc1ccccc1)N(Cc1ccccc1F)C(=O)CN(c1ccc(OC)c(Cl)c1)S(C)(=O)=O. The molecule has 0 aromatic heterocycles. The van der Waals surface area contributed by atoms with Gasteiger partial charge in [0.05, 0.1) is 24.1 Å². The molecule has 0 aliphatic heterocycles. The Kier molecular flexibility index (Phi) is 11.1. The van der Waals surface area contributed by atoms with Gasteiger partial charge in [-0.05, 0) is 43.2 Å². The lowest BCUT2D eigenvalue weighted by molar-refractivity contribution is -0.140. The number of methoxy groups -OCH3 is 1. The predicted molar refractivity (Wildman–Crippen MR) is 159 cm³/mol. The van der Waals surface area contributed by atoms with Crippen molar-refractivity contribution in [3.63, 3.8) is 0 Å². The standard InChI is InChI=1S/C30H35ClFN3O5S/c1-5-21(2)33-30(37)27(17-22-11-7-6-8-12-22)34(19-23-13-9-10-14-26(23)32)29(36)20-35(41(4,38)39)24-15-16-28(40-3)25(31)18-24/h6-16,18,21,27H,5,17,19-20H2,1-4H3,(H,33,37). The quantitative estimate of drug-likeness (QED) is 0.303. The highest BCUT2D eigenvalue weighted by Crippen LogP contribution is 2.30. The number of hydrogen-bond donors (Lipinski definition) is 1. The Morgan fingerprint density at radius 1 is 1.05 bits per heavy atom. The van der Waals surface area contributed by atoms with Crippen LogP contribution in [0.5, 0.6) is 5.75 Å². The first kappa shape index (κ1) is 31.9. The molecule has 2 unspecified atom stereocenters. The molecule has 0 saturated carbocycles. The van der Waals surface area contributed by atoms with Crippen LogP contribution in [0, 0.1) is 5.82 Å². The molecule has 220 valence electrons. The number of carbonyl (C=O) groups is 2. The number of nitrogens with one attached hydrogen (secondary N) is 1. The van der Waals surface area contributed by atoms with E-state index in [2.05, 4.69) is 5.32 Å². The molecule has 0 aliphatic carbocycles. The molecule has 11 heteroatoms. The minimum atomic E-state index is -3.98. The van der Waals surface area contributed by atoms with Crippen LogP contribution in [0.3, 0.4) is 0 Å². The van der Waals surface area contributed by atoms with Gasteiger partial charge in [-0.15, -0.1) is 0 Å². The van der Waals surface area contributed by atoms with Gasteiger partial charge in [0.2, 0.25) is 21.8 Å². The van der Waals surface area contributed by atoms with Crippen molar-refractivity contribution < 1.29 is 27.1 Å². The number of benzene rings is 3. The third-order valence-electron chi connectivity index (χ3n) is 6.67. The van der Waals surface area contributed by atoms with Crippen LogP contribution >= 0.6 is 11.6 Å². The van der Waals surface area contributed by atoms with Gasteiger partial charge in [0.1, 0.15) is 24.2 Å². The second-order valence-electron chi connectivity index (χ2n) is 9.72. The highest BCUT2D eigenvalue weighted by molar-refractivity contribution is 7.92. The van der Waals surface area contributed by atoms with Crippen LogP contribution in [0.4, 0.5) is 10.1 Å². The number of carbonyl (C=O) groups excluding carboxylic acids is 2. The lowest BCUT2D eigenvalue weighted by atomic mass is 10.0. The Hall–Kier alpha value is -3.63. The maximum absolute atomic E-state index is 14.8. The van der Waals surface area contributed by atoms with Crippen molar-refractivity contribution in [2.75, 3.05) is 24.2 Å². The first-order valence-electron chi connectivity index (χ1n) is 13.1. The van der Waals surface area contributed by atoms with Crippen molar-refractivity contribution >= 4 is 39.1 Å². The van der Waals surface area contributed by atoms with Crippen molar-refractivity contribution in [2.45, 2.75) is 45.3 Å². The van der Waals surface area contributed by atoms with E-state index >= 15 is 0 Å². The Morgan fingerprint density at radius 3 is 2.29 bits per heavy atom. The number of sulfonamides is 1. The molecule has 3 aromatic rings. The monoisotopic (exact) mass is 603 g/mol. The van der Waals surface area contributed by atoms with Gasteiger partial charge in [-0.1, -0.05) is 67.1 Å². The van der Waals surface area contributed by atoms with Crippen LogP contribution < -0.4 is 14.4 Å². The van der Waals surface area contributed by atoms with Crippen LogP contribution in [-0.4, -0.2) is 57.1 Å². The van der Waals surface area contributed by atoms with Crippen LogP contribution in [0.1, 0.15) is 31.4 Å². The number of ether oxygens (including phenoxy) is 1. The molecule has 0 aliphatic rings. The van der Waals surface area contributed by atoms with E-state index in [0.29, 0.717) is 12.2 Å². The van der Waals surface area contributed by atoms with Gasteiger partial charge in [-0.2, -0.15) is 0 Å². The first-order chi connectivity index (χ1) is 19.4. The Morgan fingerprint density at radius 2 is 1.71 bits per heavy atom. The van der Waals surface area contributed by atoms with Gasteiger partial charge in [-0.25, -0.2) is 12.8 Å². The second-order valence-corrected chi connectivity index (χ2v) is 12.0. The summed E-state index contributed by atoms with van der Waals surface area (Å²) in [7, 11) is -2.55. The van der Waals surface area contributed by atoms with Crippen LogP contribution in [0.2, 0.25) is 5.02 Å². The van der Waals surface area contributed by atoms with Crippen molar-refractivity contribution in [3.8, 4) is 5.75 Å². The Bertz CT molecular complexity index is 1460. The summed E-state index contributed by atoms with van der Waals surface area (Å²) in [5.41, 5.74) is 1.11. The number of anilines is 1. The molecule has 1 N–H and O–H groups in total. The minimum absolute atomic E-state index is 0.135. The number of halogens is 2. The number of hydrogen-bond acceptors (Lipinski definition) is 5. The molecule has 0 heterocycles. The zero-order valence-electron chi connectivity index (χ0n) is 23.5. The van der Waals surface area contributed by atoms with Crippen LogP contribution in [0.15, 0.2) is 72.8 Å². The van der Waals surface area contributed by atoms with E-state index in [9.17, 15) is 22.4 Å². The normalized spacial score (nSPS) is 12.7. The maximum atomic E-state index is 14.8. The van der Waals surface area contributed by atoms with Crippen molar-refractivity contribution in [3.05, 3.63) is 94.8 Å². The molecule has 0 fully saturated rings. The lowest BCUT2D eigenvalue weighted by Crippen LogP contribution is -2.54. The molecule has 0 spiro atoms. The largest absolute Gasteiger partial charge is 0.495 e. The van der Waals surface area contributed by atoms with Crippen LogP contribution in [0.25, 0.3) is 0 Å². The lowest BCUT2D eigenvalue weighted by Gasteiger charge is -2.34. The Labute approximate surface area is 246 Å². The summed E-state index contributed by atoms with van der Waals surface area (Å²) in [6.45, 7) is 2.87. The summed E-state index contributed by atoms with van der Waals surface area (Å²) in [6.07, 6.45) is 1.76. The van der Waals surface area contributed by atoms with Gasteiger partial charge in [-0.3, -0.25) is 13.9 Å². The van der Waals surface area contributed by atoms with E-state index in [1.54, 1.807) is 6.07 Å². The molecule has 2 amide bonds. The third kappa shape index (κ3) is 8.68. The molecule has 0 saturated heterocycles. The maximum Gasteiger partial charge on any atom is 0.244 e. The molecule has 0 radical (unpaired) electrons. The number of nitrogens with zero attached hydrogens (tertiary/aromatic N) is 2. The number of rotatable bonds is 13. The smallest absolute Gasteiger partial charge is 0.244 e. The molecule has 8 nitrogen and oxygen atoms in total. The average molecular weight is 604 g/mol. The van der Waals surface area contributed by atoms with E-state index in [1.807, 2.05) is 44.2 Å². The summed E-state index contributed by atoms with van der Waals surface area (Å²) in [6, 6.07) is 18.2. The van der Waals surface area contributed by atoms with Gasteiger partial charge in [0.15, 0.2) is 0 Å². The molecular formula is C30H35ClFN3O5S. The molecule has 0 bridgehead atoms. The second kappa shape index (κ2) is 14.3. The molecule has 2 atom stereocenters. The predicted octanol–water partition coefficient (Wildman–Crippen LogP) is 4.81. The topological polar surface area (TPSA) is 96.0 Å². The summed E-state index contributed by atoms with van der Waals surface area (Å²) in [4.78, 5) is 28.9. The highest BCUT2D eigenvalue weighted by atomic mass is 35.5. The zero-order valence-corrected chi connectivity index (χ0v) is 25.1. The molecule has 3 aromatic carbocycles.